The molecule has 2 fully saturated rings. The highest BCUT2D eigenvalue weighted by molar-refractivity contribution is 7.74. The van der Waals surface area contributed by atoms with E-state index in [4.69, 9.17) is 0 Å². The molecule has 0 radical (unpaired) electrons. The molecule has 2 aliphatic heterocycles. The Hall–Kier alpha value is 0.860. The van der Waals surface area contributed by atoms with Crippen LogP contribution < -0.4 is 0 Å². The third-order valence-electron chi connectivity index (χ3n) is 4.53. The van der Waals surface area contributed by atoms with Crippen LogP contribution >= 0.6 is 15.8 Å². The van der Waals surface area contributed by atoms with E-state index < -0.39 is 0 Å². The lowest BCUT2D eigenvalue weighted by Gasteiger charge is -2.17. The molecule has 2 heterocycles. The van der Waals surface area contributed by atoms with Gasteiger partial charge in [0.25, 0.3) is 0 Å². The number of hydrogen-bond donors (Lipinski definition) is 0. The minimum atomic E-state index is 0.456. The van der Waals surface area contributed by atoms with Gasteiger partial charge in [-0.25, -0.2) is 0 Å². The van der Waals surface area contributed by atoms with Crippen molar-refractivity contribution in [3.63, 3.8) is 0 Å². The molecule has 2 saturated heterocycles. The summed E-state index contributed by atoms with van der Waals surface area (Å²) in [6.07, 6.45) is 6.38. The van der Waals surface area contributed by atoms with Crippen molar-refractivity contribution in [3.05, 3.63) is 0 Å². The fourth-order valence-corrected chi connectivity index (χ4v) is 12.1. The molecule has 15 heavy (non-hydrogen) atoms. The first kappa shape index (κ1) is 12.3. The van der Waals surface area contributed by atoms with Gasteiger partial charge < -0.3 is 0 Å². The Morgan fingerprint density at radius 3 is 1.20 bits per heavy atom. The molecule has 88 valence electrons. The maximum Gasteiger partial charge on any atom is -0.0120 e. The predicted molar refractivity (Wildman–Crippen MR) is 74.8 cm³/mol. The second kappa shape index (κ2) is 5.01. The summed E-state index contributed by atoms with van der Waals surface area (Å²) in [5, 5.41) is 0. The average Bonchev–Trinajstić information content (AvgIpc) is 2.59. The van der Waals surface area contributed by atoms with Crippen LogP contribution in [0.1, 0.15) is 27.7 Å². The molecule has 0 saturated carbocycles. The highest BCUT2D eigenvalue weighted by Crippen LogP contribution is 2.60. The van der Waals surface area contributed by atoms with Gasteiger partial charge in [0.15, 0.2) is 0 Å². The zero-order valence-corrected chi connectivity index (χ0v) is 12.5. The SMILES string of the molecule is C[C@@H]1CP(CP2C[C@@H](C)[C@H](C)C2)C[C@H]1C. The molecular formula is C13H26P2. The van der Waals surface area contributed by atoms with Gasteiger partial charge in [-0.3, -0.25) is 0 Å². The lowest BCUT2D eigenvalue weighted by atomic mass is 10.0. The summed E-state index contributed by atoms with van der Waals surface area (Å²) in [6.45, 7) is 9.89. The van der Waals surface area contributed by atoms with Gasteiger partial charge in [-0.1, -0.05) is 27.7 Å². The first-order valence-corrected chi connectivity index (χ1v) is 10.3. The third-order valence-corrected chi connectivity index (χ3v) is 12.1. The molecular weight excluding hydrogens is 218 g/mol. The van der Waals surface area contributed by atoms with E-state index >= 15 is 0 Å². The van der Waals surface area contributed by atoms with Crippen LogP contribution in [0.4, 0.5) is 0 Å². The molecule has 0 spiro atoms. The fourth-order valence-electron chi connectivity index (χ4n) is 3.01. The Morgan fingerprint density at radius 2 is 0.933 bits per heavy atom. The zero-order valence-electron chi connectivity index (χ0n) is 10.7. The molecule has 2 heteroatoms. The maximum atomic E-state index is 2.47. The van der Waals surface area contributed by atoms with Gasteiger partial charge in [0.2, 0.25) is 0 Å². The second-order valence-corrected chi connectivity index (χ2v) is 11.4. The third kappa shape index (κ3) is 2.95. The minimum Gasteiger partial charge on any atom is -0.102 e. The van der Waals surface area contributed by atoms with Crippen LogP contribution in [0.2, 0.25) is 0 Å². The topological polar surface area (TPSA) is 0 Å². The van der Waals surface area contributed by atoms with Gasteiger partial charge in [0, 0.05) is 0 Å². The van der Waals surface area contributed by atoms with Crippen LogP contribution in [0.15, 0.2) is 0 Å². The van der Waals surface area contributed by atoms with Crippen LogP contribution in [-0.2, 0) is 0 Å². The van der Waals surface area contributed by atoms with E-state index in [1.54, 1.807) is 30.6 Å². The smallest absolute Gasteiger partial charge is 0.0120 e. The van der Waals surface area contributed by atoms with E-state index in [0.717, 1.165) is 23.7 Å². The normalized spacial score (nSPS) is 44.0. The van der Waals surface area contributed by atoms with Crippen LogP contribution in [0.25, 0.3) is 0 Å². The Labute approximate surface area is 98.1 Å². The summed E-state index contributed by atoms with van der Waals surface area (Å²) in [6, 6.07) is 0. The lowest BCUT2D eigenvalue weighted by molar-refractivity contribution is 0.494. The van der Waals surface area contributed by atoms with E-state index in [1.807, 2.05) is 0 Å². The average molecular weight is 244 g/mol. The lowest BCUT2D eigenvalue weighted by Crippen LogP contribution is -2.01. The van der Waals surface area contributed by atoms with Gasteiger partial charge >= 0.3 is 0 Å². The zero-order chi connectivity index (χ0) is 11.0. The minimum absolute atomic E-state index is 0.456. The van der Waals surface area contributed by atoms with Crippen LogP contribution in [0.3, 0.4) is 0 Å². The van der Waals surface area contributed by atoms with Gasteiger partial charge in [0.1, 0.15) is 0 Å². The standard InChI is InChI=1S/C13H26P2/c1-10-5-14(6-11(10)2)9-15-7-12(3)13(4)8-15/h10-13H,5-9H2,1-4H3/t10-,11-,12-,13-/m1/s1. The van der Waals surface area contributed by atoms with Crippen molar-refractivity contribution in [2.45, 2.75) is 27.7 Å². The Morgan fingerprint density at radius 1 is 0.667 bits per heavy atom. The molecule has 0 aromatic rings. The van der Waals surface area contributed by atoms with Gasteiger partial charge in [-0.2, -0.15) is 0 Å². The summed E-state index contributed by atoms with van der Waals surface area (Å²) in [5.41, 5.74) is 0. The maximum absolute atomic E-state index is 2.47. The number of hydrogen-bond acceptors (Lipinski definition) is 0. The highest BCUT2D eigenvalue weighted by atomic mass is 31.2. The van der Waals surface area contributed by atoms with Crippen molar-refractivity contribution in [2.75, 3.05) is 30.6 Å². The monoisotopic (exact) mass is 244 g/mol. The molecule has 0 N–H and O–H groups in total. The first-order valence-electron chi connectivity index (χ1n) is 6.51. The Bertz CT molecular complexity index is 175. The highest BCUT2D eigenvalue weighted by Gasteiger charge is 2.33. The molecule has 0 aliphatic carbocycles. The van der Waals surface area contributed by atoms with E-state index in [-0.39, 0.29) is 0 Å². The largest absolute Gasteiger partial charge is 0.102 e. The second-order valence-electron chi connectivity index (χ2n) is 6.12. The molecule has 4 atom stereocenters. The van der Waals surface area contributed by atoms with Crippen molar-refractivity contribution in [2.24, 2.45) is 23.7 Å². The predicted octanol–water partition coefficient (Wildman–Crippen LogP) is 4.48. The van der Waals surface area contributed by atoms with Crippen LogP contribution in [-0.4, -0.2) is 30.6 Å². The summed E-state index contributed by atoms with van der Waals surface area (Å²) < 4.78 is 0. The molecule has 0 amide bonds. The summed E-state index contributed by atoms with van der Waals surface area (Å²) >= 11 is 0. The van der Waals surface area contributed by atoms with E-state index in [9.17, 15) is 0 Å². The van der Waals surface area contributed by atoms with Crippen LogP contribution in [0, 0.1) is 23.7 Å². The van der Waals surface area contributed by atoms with Crippen LogP contribution in [0.5, 0.6) is 0 Å². The fraction of sp³-hybridized carbons (Fsp3) is 1.00. The van der Waals surface area contributed by atoms with Crippen molar-refractivity contribution < 1.29 is 0 Å². The molecule has 2 rings (SSSR count). The molecule has 0 nitrogen and oxygen atoms in total. The summed E-state index contributed by atoms with van der Waals surface area (Å²) in [5.74, 6) is 5.80. The Balaban J connectivity index is 1.79. The van der Waals surface area contributed by atoms with E-state index in [1.165, 1.54) is 0 Å². The quantitative estimate of drug-likeness (QED) is 0.628. The summed E-state index contributed by atoms with van der Waals surface area (Å²) in [4.78, 5) is 0. The van der Waals surface area contributed by atoms with Crippen molar-refractivity contribution in [1.29, 1.82) is 0 Å². The molecule has 0 aromatic carbocycles. The van der Waals surface area contributed by atoms with Crippen molar-refractivity contribution in [1.82, 2.24) is 0 Å². The molecule has 0 bridgehead atoms. The molecule has 0 aromatic heterocycles. The molecule has 2 aliphatic rings. The van der Waals surface area contributed by atoms with Gasteiger partial charge in [0.05, 0.1) is 0 Å². The Kier molecular flexibility index (Phi) is 4.12. The molecule has 0 unspecified atom stereocenters. The van der Waals surface area contributed by atoms with Gasteiger partial charge in [-0.05, 0) is 54.2 Å². The van der Waals surface area contributed by atoms with E-state index in [0.29, 0.717) is 15.8 Å². The van der Waals surface area contributed by atoms with Crippen molar-refractivity contribution >= 4 is 15.8 Å². The van der Waals surface area contributed by atoms with Crippen molar-refractivity contribution in [3.8, 4) is 0 Å². The first-order chi connectivity index (χ1) is 7.06. The summed E-state index contributed by atoms with van der Waals surface area (Å²) in [7, 11) is 0.912. The van der Waals surface area contributed by atoms with Gasteiger partial charge in [-0.15, -0.1) is 15.8 Å². The number of rotatable bonds is 2. The van der Waals surface area contributed by atoms with E-state index in [2.05, 4.69) is 27.7 Å².